The Morgan fingerprint density at radius 3 is 2.58 bits per heavy atom. The van der Waals surface area contributed by atoms with E-state index in [0.29, 0.717) is 17.8 Å². The molecule has 0 aliphatic heterocycles. The van der Waals surface area contributed by atoms with Crippen molar-refractivity contribution in [1.82, 2.24) is 20.0 Å². The van der Waals surface area contributed by atoms with Crippen LogP contribution >= 0.6 is 0 Å². The van der Waals surface area contributed by atoms with Gasteiger partial charge in [0.2, 0.25) is 0 Å². The Morgan fingerprint density at radius 1 is 1.35 bits per heavy atom. The maximum absolute atomic E-state index is 9.32. The highest BCUT2D eigenvalue weighted by atomic mass is 16.3. The first-order valence-electron chi connectivity index (χ1n) is 9.91. The molecule has 1 atom stereocenters. The number of guanidine groups is 1. The van der Waals surface area contributed by atoms with Gasteiger partial charge in [-0.1, -0.05) is 27.7 Å². The largest absolute Gasteiger partial charge is 0.396 e. The van der Waals surface area contributed by atoms with Crippen molar-refractivity contribution in [3.63, 3.8) is 0 Å². The minimum atomic E-state index is 0.229. The summed E-state index contributed by atoms with van der Waals surface area (Å²) in [7, 11) is 4.04. The van der Waals surface area contributed by atoms with Gasteiger partial charge < -0.3 is 15.3 Å². The molecule has 1 rings (SSSR count). The van der Waals surface area contributed by atoms with E-state index in [1.54, 1.807) is 0 Å². The molecule has 1 unspecified atom stereocenters. The third-order valence-electron chi connectivity index (χ3n) is 4.43. The van der Waals surface area contributed by atoms with Crippen molar-refractivity contribution in [2.24, 2.45) is 23.9 Å². The van der Waals surface area contributed by atoms with E-state index < -0.39 is 0 Å². The van der Waals surface area contributed by atoms with Crippen LogP contribution in [-0.4, -0.2) is 52.5 Å². The minimum Gasteiger partial charge on any atom is -0.396 e. The van der Waals surface area contributed by atoms with E-state index in [9.17, 15) is 5.11 Å². The van der Waals surface area contributed by atoms with Gasteiger partial charge >= 0.3 is 0 Å². The second kappa shape index (κ2) is 11.2. The average molecular weight is 366 g/mol. The number of nitrogens with zero attached hydrogens (tertiary/aromatic N) is 4. The molecule has 0 bridgehead atoms. The van der Waals surface area contributed by atoms with Gasteiger partial charge in [0.15, 0.2) is 5.96 Å². The lowest BCUT2D eigenvalue weighted by molar-refractivity contribution is 0.245. The van der Waals surface area contributed by atoms with Gasteiger partial charge in [-0.2, -0.15) is 5.10 Å². The van der Waals surface area contributed by atoms with E-state index in [0.717, 1.165) is 44.1 Å². The van der Waals surface area contributed by atoms with Crippen LogP contribution in [0.2, 0.25) is 0 Å². The molecule has 0 saturated heterocycles. The van der Waals surface area contributed by atoms with Gasteiger partial charge in [0.25, 0.3) is 0 Å². The molecule has 26 heavy (non-hydrogen) atoms. The fourth-order valence-electron chi connectivity index (χ4n) is 3.31. The summed E-state index contributed by atoms with van der Waals surface area (Å²) in [4.78, 5) is 7.02. The lowest BCUT2D eigenvalue weighted by Crippen LogP contribution is -2.39. The molecule has 1 aromatic rings. The molecule has 1 aromatic heterocycles. The summed E-state index contributed by atoms with van der Waals surface area (Å²) in [5.74, 6) is 2.36. The number of aliphatic hydroxyl groups is 1. The van der Waals surface area contributed by atoms with Crippen LogP contribution in [0.3, 0.4) is 0 Å². The van der Waals surface area contributed by atoms with Crippen molar-refractivity contribution in [3.05, 3.63) is 17.5 Å². The molecule has 0 spiro atoms. The van der Waals surface area contributed by atoms with Crippen molar-refractivity contribution < 1.29 is 5.11 Å². The second-order valence-corrected chi connectivity index (χ2v) is 7.93. The van der Waals surface area contributed by atoms with Crippen LogP contribution in [0.15, 0.2) is 11.2 Å². The summed E-state index contributed by atoms with van der Waals surface area (Å²) < 4.78 is 1.89. The van der Waals surface area contributed by atoms with Gasteiger partial charge in [0.05, 0.1) is 5.69 Å². The van der Waals surface area contributed by atoms with Crippen LogP contribution in [0.4, 0.5) is 0 Å². The Balaban J connectivity index is 2.87. The Bertz CT molecular complexity index is 550. The molecule has 0 fully saturated rings. The van der Waals surface area contributed by atoms with E-state index in [1.807, 2.05) is 11.7 Å². The highest BCUT2D eigenvalue weighted by Gasteiger charge is 2.16. The first-order chi connectivity index (χ1) is 12.3. The van der Waals surface area contributed by atoms with Crippen LogP contribution in [0, 0.1) is 11.8 Å². The Labute approximate surface area is 159 Å². The van der Waals surface area contributed by atoms with Crippen molar-refractivity contribution in [2.75, 3.05) is 26.7 Å². The predicted molar refractivity (Wildman–Crippen MR) is 109 cm³/mol. The zero-order chi connectivity index (χ0) is 19.7. The Hall–Kier alpha value is -1.56. The average Bonchev–Trinajstić information content (AvgIpc) is 2.91. The van der Waals surface area contributed by atoms with Crippen LogP contribution in [0.1, 0.15) is 64.6 Å². The first-order valence-corrected chi connectivity index (χ1v) is 9.91. The number of rotatable bonds is 10. The summed E-state index contributed by atoms with van der Waals surface area (Å²) in [6.45, 7) is 13.5. The lowest BCUT2D eigenvalue weighted by Gasteiger charge is -2.24. The maximum atomic E-state index is 9.32. The number of aliphatic hydroxyl groups excluding tert-OH is 1. The molecule has 1 heterocycles. The van der Waals surface area contributed by atoms with Gasteiger partial charge in [0.1, 0.15) is 0 Å². The molecule has 0 aromatic carbocycles. The highest BCUT2D eigenvalue weighted by Crippen LogP contribution is 2.19. The van der Waals surface area contributed by atoms with E-state index >= 15 is 0 Å². The summed E-state index contributed by atoms with van der Waals surface area (Å²) >= 11 is 0. The number of aryl methyl sites for hydroxylation is 1. The molecule has 2 N–H and O–H groups in total. The fourth-order valence-corrected chi connectivity index (χ4v) is 3.31. The first kappa shape index (κ1) is 22.5. The van der Waals surface area contributed by atoms with Gasteiger partial charge in [-0.25, -0.2) is 0 Å². The second-order valence-electron chi connectivity index (χ2n) is 7.93. The molecule has 0 amide bonds. The van der Waals surface area contributed by atoms with Crippen LogP contribution in [0.5, 0.6) is 0 Å². The molecular formula is C20H39N5O. The molecule has 6 heteroatoms. The molecule has 0 aliphatic rings. The quantitative estimate of drug-likeness (QED) is 0.494. The third kappa shape index (κ3) is 7.36. The molecule has 150 valence electrons. The molecular weight excluding hydrogens is 326 g/mol. The zero-order valence-corrected chi connectivity index (χ0v) is 17.8. The number of aromatic nitrogens is 2. The monoisotopic (exact) mass is 365 g/mol. The number of hydrogen-bond acceptors (Lipinski definition) is 3. The Morgan fingerprint density at radius 2 is 2.04 bits per heavy atom. The zero-order valence-electron chi connectivity index (χ0n) is 17.8. The standard InChI is InChI=1S/C20H39N5O/c1-8-21-20(22-12-17(9-10-26)11-15(2)3)24(6)13-18-14-25(7)23-19(18)16(4)5/h14-17,26H,8-13H2,1-7H3,(H,21,22). The van der Waals surface area contributed by atoms with Gasteiger partial charge in [-0.3, -0.25) is 9.67 Å². The summed E-state index contributed by atoms with van der Waals surface area (Å²) in [5, 5.41) is 17.3. The summed E-state index contributed by atoms with van der Waals surface area (Å²) in [6, 6.07) is 0. The van der Waals surface area contributed by atoms with Crippen molar-refractivity contribution in [2.45, 2.75) is 59.9 Å². The van der Waals surface area contributed by atoms with Crippen LogP contribution < -0.4 is 5.32 Å². The third-order valence-corrected chi connectivity index (χ3v) is 4.43. The Kier molecular flexibility index (Phi) is 9.70. The summed E-state index contributed by atoms with van der Waals surface area (Å²) in [5.41, 5.74) is 2.39. The van der Waals surface area contributed by atoms with Crippen LogP contribution in [-0.2, 0) is 13.6 Å². The molecule has 0 aliphatic carbocycles. The highest BCUT2D eigenvalue weighted by molar-refractivity contribution is 5.79. The van der Waals surface area contributed by atoms with E-state index in [-0.39, 0.29) is 6.61 Å². The predicted octanol–water partition coefficient (Wildman–Crippen LogP) is 2.99. The number of hydrogen-bond donors (Lipinski definition) is 2. The summed E-state index contributed by atoms with van der Waals surface area (Å²) in [6.07, 6.45) is 4.00. The van der Waals surface area contributed by atoms with Gasteiger partial charge in [-0.05, 0) is 37.5 Å². The van der Waals surface area contributed by atoms with Gasteiger partial charge in [0, 0.05) is 52.1 Å². The topological polar surface area (TPSA) is 65.7 Å². The minimum absolute atomic E-state index is 0.229. The number of aliphatic imine (C=N–C) groups is 1. The SMILES string of the molecule is CCNC(=NCC(CCO)CC(C)C)N(C)Cc1cn(C)nc1C(C)C. The van der Waals surface area contributed by atoms with Crippen molar-refractivity contribution in [1.29, 1.82) is 0 Å². The maximum Gasteiger partial charge on any atom is 0.193 e. The van der Waals surface area contributed by atoms with Crippen molar-refractivity contribution in [3.8, 4) is 0 Å². The number of nitrogens with one attached hydrogen (secondary N) is 1. The smallest absolute Gasteiger partial charge is 0.193 e. The molecule has 0 radical (unpaired) electrons. The van der Waals surface area contributed by atoms with Gasteiger partial charge in [-0.15, -0.1) is 0 Å². The van der Waals surface area contributed by atoms with E-state index in [4.69, 9.17) is 4.99 Å². The van der Waals surface area contributed by atoms with E-state index in [1.165, 1.54) is 5.56 Å². The lowest BCUT2D eigenvalue weighted by atomic mass is 9.94. The van der Waals surface area contributed by atoms with Crippen LogP contribution in [0.25, 0.3) is 0 Å². The molecule has 6 nitrogen and oxygen atoms in total. The fraction of sp³-hybridized carbons (Fsp3) is 0.800. The normalized spacial score (nSPS) is 13.5. The van der Waals surface area contributed by atoms with E-state index in [2.05, 4.69) is 63.2 Å². The molecule has 0 saturated carbocycles. The van der Waals surface area contributed by atoms with Crippen molar-refractivity contribution >= 4 is 5.96 Å².